The summed E-state index contributed by atoms with van der Waals surface area (Å²) in [6.07, 6.45) is 0. The summed E-state index contributed by atoms with van der Waals surface area (Å²) in [7, 11) is 0. The average molecular weight is 271 g/mol. The van der Waals surface area contributed by atoms with Crippen LogP contribution in [0, 0.1) is 5.41 Å². The Morgan fingerprint density at radius 2 is 2.05 bits per heavy atom. The molecule has 0 aliphatic carbocycles. The van der Waals surface area contributed by atoms with E-state index in [4.69, 9.17) is 11.1 Å². The second-order valence-corrected chi connectivity index (χ2v) is 5.45. The van der Waals surface area contributed by atoms with Gasteiger partial charge < -0.3 is 10.7 Å². The first-order valence-electron chi connectivity index (χ1n) is 5.93. The standard InChI is InChI=1S/C14H13N3OS/c15-13(16)11-5-10-9-4-2-1-3-8(9)6-19-7-12(10)17-14(11)18/h1-5H,6-7H2,(H3,15,16)(H,17,18). The van der Waals surface area contributed by atoms with E-state index in [2.05, 4.69) is 11.1 Å². The summed E-state index contributed by atoms with van der Waals surface area (Å²) in [5.41, 5.74) is 9.66. The SMILES string of the molecule is N=C(N)c1cc2c([nH]c1=O)CSCc1ccccc1-2. The van der Waals surface area contributed by atoms with Gasteiger partial charge in [-0.05, 0) is 17.2 Å². The quantitative estimate of drug-likeness (QED) is 0.548. The van der Waals surface area contributed by atoms with E-state index in [1.54, 1.807) is 17.8 Å². The second-order valence-electron chi connectivity index (χ2n) is 4.47. The molecule has 0 amide bonds. The minimum absolute atomic E-state index is 0.196. The molecule has 4 nitrogen and oxygen atoms in total. The van der Waals surface area contributed by atoms with Crippen LogP contribution in [0.1, 0.15) is 16.8 Å². The number of nitrogen functional groups attached to an aromatic ring is 1. The Bertz CT molecular complexity index is 721. The van der Waals surface area contributed by atoms with Crippen molar-refractivity contribution in [3.63, 3.8) is 0 Å². The summed E-state index contributed by atoms with van der Waals surface area (Å²) in [6, 6.07) is 9.87. The van der Waals surface area contributed by atoms with Crippen molar-refractivity contribution in [2.24, 2.45) is 5.73 Å². The summed E-state index contributed by atoms with van der Waals surface area (Å²) in [5.74, 6) is 1.48. The van der Waals surface area contributed by atoms with Gasteiger partial charge >= 0.3 is 0 Å². The van der Waals surface area contributed by atoms with Crippen LogP contribution < -0.4 is 11.3 Å². The molecule has 0 unspecified atom stereocenters. The van der Waals surface area contributed by atoms with E-state index in [-0.39, 0.29) is 17.0 Å². The molecule has 5 heteroatoms. The van der Waals surface area contributed by atoms with E-state index in [1.165, 1.54) is 5.56 Å². The van der Waals surface area contributed by atoms with E-state index in [1.807, 2.05) is 18.2 Å². The number of aromatic nitrogens is 1. The Morgan fingerprint density at radius 3 is 2.84 bits per heavy atom. The summed E-state index contributed by atoms with van der Waals surface area (Å²) < 4.78 is 0. The molecule has 0 atom stereocenters. The number of rotatable bonds is 1. The molecule has 3 rings (SSSR count). The Morgan fingerprint density at radius 1 is 1.26 bits per heavy atom. The Kier molecular flexibility index (Phi) is 2.91. The zero-order valence-corrected chi connectivity index (χ0v) is 11.0. The molecule has 0 spiro atoms. The first-order chi connectivity index (χ1) is 9.16. The number of hydrogen-bond donors (Lipinski definition) is 3. The number of thioether (sulfide) groups is 1. The highest BCUT2D eigenvalue weighted by molar-refractivity contribution is 7.97. The van der Waals surface area contributed by atoms with Crippen molar-refractivity contribution >= 4 is 17.6 Å². The molecule has 96 valence electrons. The first kappa shape index (κ1) is 12.0. The van der Waals surface area contributed by atoms with Gasteiger partial charge in [0.2, 0.25) is 0 Å². The zero-order valence-electron chi connectivity index (χ0n) is 10.2. The van der Waals surface area contributed by atoms with Crippen molar-refractivity contribution in [2.75, 3.05) is 0 Å². The molecule has 1 aromatic heterocycles. The Hall–Kier alpha value is -2.01. The van der Waals surface area contributed by atoms with Crippen molar-refractivity contribution in [2.45, 2.75) is 11.5 Å². The van der Waals surface area contributed by atoms with Gasteiger partial charge in [0.1, 0.15) is 5.84 Å². The molecule has 1 aromatic carbocycles. The zero-order chi connectivity index (χ0) is 13.4. The highest BCUT2D eigenvalue weighted by atomic mass is 32.2. The summed E-state index contributed by atoms with van der Waals surface area (Å²) >= 11 is 1.77. The third-order valence-electron chi connectivity index (χ3n) is 3.22. The van der Waals surface area contributed by atoms with Crippen LogP contribution >= 0.6 is 11.8 Å². The predicted molar refractivity (Wildman–Crippen MR) is 78.5 cm³/mol. The number of pyridine rings is 1. The lowest BCUT2D eigenvalue weighted by molar-refractivity contribution is 1.12. The number of nitrogens with one attached hydrogen (secondary N) is 2. The number of hydrogen-bond acceptors (Lipinski definition) is 3. The summed E-state index contributed by atoms with van der Waals surface area (Å²) in [4.78, 5) is 14.7. The molecular weight excluding hydrogens is 258 g/mol. The van der Waals surface area contributed by atoms with E-state index in [0.717, 1.165) is 28.3 Å². The van der Waals surface area contributed by atoms with Crippen molar-refractivity contribution in [3.8, 4) is 11.1 Å². The van der Waals surface area contributed by atoms with Crippen LogP contribution in [-0.4, -0.2) is 10.8 Å². The molecule has 19 heavy (non-hydrogen) atoms. The highest BCUT2D eigenvalue weighted by Crippen LogP contribution is 2.34. The largest absolute Gasteiger partial charge is 0.384 e. The van der Waals surface area contributed by atoms with Gasteiger partial charge in [-0.25, -0.2) is 0 Å². The van der Waals surface area contributed by atoms with E-state index in [0.29, 0.717) is 0 Å². The summed E-state index contributed by atoms with van der Waals surface area (Å²) in [5, 5.41) is 7.48. The monoisotopic (exact) mass is 271 g/mol. The fraction of sp³-hybridized carbons (Fsp3) is 0.143. The minimum atomic E-state index is -0.286. The molecular formula is C14H13N3OS. The molecule has 4 N–H and O–H groups in total. The Labute approximate surface area is 114 Å². The number of fused-ring (bicyclic) bond motifs is 3. The lowest BCUT2D eigenvalue weighted by atomic mass is 9.98. The average Bonchev–Trinajstić information content (AvgIpc) is 2.56. The molecule has 2 aromatic rings. The maximum Gasteiger partial charge on any atom is 0.259 e. The lowest BCUT2D eigenvalue weighted by Crippen LogP contribution is -2.24. The van der Waals surface area contributed by atoms with Gasteiger partial charge in [0.25, 0.3) is 5.56 Å². The van der Waals surface area contributed by atoms with Crippen molar-refractivity contribution < 1.29 is 0 Å². The molecule has 1 aliphatic rings. The number of H-pyrrole nitrogens is 1. The third-order valence-corrected chi connectivity index (χ3v) is 4.23. The highest BCUT2D eigenvalue weighted by Gasteiger charge is 2.17. The van der Waals surface area contributed by atoms with Crippen LogP contribution in [0.3, 0.4) is 0 Å². The fourth-order valence-corrected chi connectivity index (χ4v) is 3.30. The van der Waals surface area contributed by atoms with Crippen LogP contribution in [-0.2, 0) is 11.5 Å². The van der Waals surface area contributed by atoms with Crippen LogP contribution in [0.2, 0.25) is 0 Å². The van der Waals surface area contributed by atoms with E-state index >= 15 is 0 Å². The second kappa shape index (κ2) is 4.59. The number of amidine groups is 1. The van der Waals surface area contributed by atoms with Crippen LogP contribution in [0.4, 0.5) is 0 Å². The fourth-order valence-electron chi connectivity index (χ4n) is 2.29. The van der Waals surface area contributed by atoms with Crippen molar-refractivity contribution in [1.29, 1.82) is 5.41 Å². The van der Waals surface area contributed by atoms with Gasteiger partial charge in [-0.2, -0.15) is 11.8 Å². The number of nitrogens with two attached hydrogens (primary N) is 1. The van der Waals surface area contributed by atoms with Gasteiger partial charge in [-0.1, -0.05) is 24.3 Å². The first-order valence-corrected chi connectivity index (χ1v) is 7.09. The maximum atomic E-state index is 11.9. The number of aromatic amines is 1. The topological polar surface area (TPSA) is 82.7 Å². The smallest absolute Gasteiger partial charge is 0.259 e. The predicted octanol–water partition coefficient (Wildman–Crippen LogP) is 2.07. The van der Waals surface area contributed by atoms with E-state index in [9.17, 15) is 4.79 Å². The molecule has 0 saturated carbocycles. The molecule has 0 bridgehead atoms. The normalized spacial score (nSPS) is 13.3. The summed E-state index contributed by atoms with van der Waals surface area (Å²) in [6.45, 7) is 0. The van der Waals surface area contributed by atoms with Gasteiger partial charge in [-0.15, -0.1) is 0 Å². The van der Waals surface area contributed by atoms with Gasteiger partial charge in [0.05, 0.1) is 5.56 Å². The van der Waals surface area contributed by atoms with E-state index < -0.39 is 0 Å². The molecule has 2 heterocycles. The molecule has 0 radical (unpaired) electrons. The van der Waals surface area contributed by atoms with Crippen molar-refractivity contribution in [1.82, 2.24) is 4.98 Å². The lowest BCUT2D eigenvalue weighted by Gasteiger charge is -2.10. The molecule has 1 aliphatic heterocycles. The van der Waals surface area contributed by atoms with Gasteiger partial charge in [-0.3, -0.25) is 10.2 Å². The van der Waals surface area contributed by atoms with Crippen LogP contribution in [0.5, 0.6) is 0 Å². The van der Waals surface area contributed by atoms with Crippen molar-refractivity contribution in [3.05, 3.63) is 57.5 Å². The van der Waals surface area contributed by atoms with Gasteiger partial charge in [0.15, 0.2) is 0 Å². The number of benzene rings is 1. The Balaban J connectivity index is 2.31. The van der Waals surface area contributed by atoms with Crippen LogP contribution in [0.15, 0.2) is 35.1 Å². The maximum absolute atomic E-state index is 11.9. The molecule has 0 fully saturated rings. The molecule has 0 saturated heterocycles. The van der Waals surface area contributed by atoms with Gasteiger partial charge in [0, 0.05) is 22.8 Å². The third kappa shape index (κ3) is 2.06. The minimum Gasteiger partial charge on any atom is -0.384 e. The van der Waals surface area contributed by atoms with Crippen LogP contribution in [0.25, 0.3) is 11.1 Å².